The monoisotopic (exact) mass is 236 g/mol. The summed E-state index contributed by atoms with van der Waals surface area (Å²) in [5.41, 5.74) is 7.13. The van der Waals surface area contributed by atoms with E-state index >= 15 is 0 Å². The standard InChI is InChI=1S/C14H24N2O/c1-4-5-10-16(2)14(11-15)12-6-8-13(17-3)9-7-12/h6-9,14H,4-5,10-11,15H2,1-3H3. The number of likely N-dealkylation sites (N-methyl/N-ethyl adjacent to an activating group) is 1. The van der Waals surface area contributed by atoms with Gasteiger partial charge in [-0.15, -0.1) is 0 Å². The highest BCUT2D eigenvalue weighted by Crippen LogP contribution is 2.21. The van der Waals surface area contributed by atoms with E-state index in [0.29, 0.717) is 12.6 Å². The molecule has 0 spiro atoms. The lowest BCUT2D eigenvalue weighted by molar-refractivity contribution is 0.246. The third kappa shape index (κ3) is 4.02. The number of benzene rings is 1. The molecule has 17 heavy (non-hydrogen) atoms. The second-order valence-electron chi connectivity index (χ2n) is 4.36. The van der Waals surface area contributed by atoms with Crippen LogP contribution in [0.2, 0.25) is 0 Å². The number of methoxy groups -OCH3 is 1. The highest BCUT2D eigenvalue weighted by molar-refractivity contribution is 5.29. The van der Waals surface area contributed by atoms with Crippen molar-refractivity contribution in [1.29, 1.82) is 0 Å². The number of ether oxygens (including phenoxy) is 1. The van der Waals surface area contributed by atoms with Crippen LogP contribution in [-0.4, -0.2) is 32.1 Å². The third-order valence-electron chi connectivity index (χ3n) is 3.12. The second kappa shape index (κ2) is 7.30. The van der Waals surface area contributed by atoms with Gasteiger partial charge in [0.05, 0.1) is 7.11 Å². The quantitative estimate of drug-likeness (QED) is 0.790. The number of rotatable bonds is 7. The van der Waals surface area contributed by atoms with Crippen LogP contribution >= 0.6 is 0 Å². The van der Waals surface area contributed by atoms with E-state index in [2.05, 4.69) is 31.0 Å². The first-order valence-corrected chi connectivity index (χ1v) is 6.27. The van der Waals surface area contributed by atoms with E-state index < -0.39 is 0 Å². The van der Waals surface area contributed by atoms with Crippen molar-refractivity contribution >= 4 is 0 Å². The zero-order valence-electron chi connectivity index (χ0n) is 11.1. The molecular formula is C14H24N2O. The Hall–Kier alpha value is -1.06. The van der Waals surface area contributed by atoms with Crippen molar-refractivity contribution < 1.29 is 4.74 Å². The van der Waals surface area contributed by atoms with Crippen molar-refractivity contribution in [2.24, 2.45) is 5.73 Å². The van der Waals surface area contributed by atoms with Gasteiger partial charge in [0, 0.05) is 12.6 Å². The van der Waals surface area contributed by atoms with Gasteiger partial charge in [-0.3, -0.25) is 4.90 Å². The fourth-order valence-electron chi connectivity index (χ4n) is 1.96. The molecule has 0 heterocycles. The molecule has 1 atom stereocenters. The van der Waals surface area contributed by atoms with Crippen molar-refractivity contribution in [3.63, 3.8) is 0 Å². The van der Waals surface area contributed by atoms with Crippen LogP contribution in [0.3, 0.4) is 0 Å². The van der Waals surface area contributed by atoms with Crippen LogP contribution in [0.25, 0.3) is 0 Å². The molecule has 0 radical (unpaired) electrons. The Bertz CT molecular complexity index is 311. The lowest BCUT2D eigenvalue weighted by Crippen LogP contribution is -2.31. The molecule has 0 saturated heterocycles. The maximum atomic E-state index is 5.88. The fraction of sp³-hybridized carbons (Fsp3) is 0.571. The molecule has 0 bridgehead atoms. The Balaban J connectivity index is 2.70. The van der Waals surface area contributed by atoms with Crippen LogP contribution in [-0.2, 0) is 0 Å². The van der Waals surface area contributed by atoms with Crippen molar-refractivity contribution in [2.75, 3.05) is 27.2 Å². The number of hydrogen-bond donors (Lipinski definition) is 1. The summed E-state index contributed by atoms with van der Waals surface area (Å²) in [6, 6.07) is 8.47. The Morgan fingerprint density at radius 3 is 2.41 bits per heavy atom. The van der Waals surface area contributed by atoms with E-state index in [-0.39, 0.29) is 0 Å². The Labute approximate surface area is 105 Å². The Kier molecular flexibility index (Phi) is 6.01. The molecule has 0 fully saturated rings. The average molecular weight is 236 g/mol. The number of nitrogens with two attached hydrogens (primary N) is 1. The molecule has 3 nitrogen and oxygen atoms in total. The van der Waals surface area contributed by atoms with Gasteiger partial charge in [0.2, 0.25) is 0 Å². The van der Waals surface area contributed by atoms with Crippen molar-refractivity contribution in [3.05, 3.63) is 29.8 Å². The second-order valence-corrected chi connectivity index (χ2v) is 4.36. The summed E-state index contributed by atoms with van der Waals surface area (Å²) in [4.78, 5) is 2.32. The van der Waals surface area contributed by atoms with Gasteiger partial charge < -0.3 is 10.5 Å². The highest BCUT2D eigenvalue weighted by atomic mass is 16.5. The number of unbranched alkanes of at least 4 members (excludes halogenated alkanes) is 1. The number of nitrogens with zero attached hydrogens (tertiary/aromatic N) is 1. The Morgan fingerprint density at radius 1 is 1.29 bits per heavy atom. The normalized spacial score (nSPS) is 12.8. The molecule has 0 aliphatic rings. The van der Waals surface area contributed by atoms with E-state index in [1.165, 1.54) is 18.4 Å². The summed E-state index contributed by atoms with van der Waals surface area (Å²) >= 11 is 0. The molecule has 1 aromatic carbocycles. The smallest absolute Gasteiger partial charge is 0.118 e. The van der Waals surface area contributed by atoms with E-state index in [1.54, 1.807) is 7.11 Å². The van der Waals surface area contributed by atoms with E-state index in [1.807, 2.05) is 12.1 Å². The zero-order valence-corrected chi connectivity index (χ0v) is 11.1. The molecule has 0 saturated carbocycles. The lowest BCUT2D eigenvalue weighted by atomic mass is 10.1. The van der Waals surface area contributed by atoms with Crippen LogP contribution in [0.5, 0.6) is 5.75 Å². The van der Waals surface area contributed by atoms with Gasteiger partial charge in [0.15, 0.2) is 0 Å². The maximum absolute atomic E-state index is 5.88. The zero-order chi connectivity index (χ0) is 12.7. The number of hydrogen-bond acceptors (Lipinski definition) is 3. The summed E-state index contributed by atoms with van der Waals surface area (Å²) in [5.74, 6) is 0.890. The predicted octanol–water partition coefficient (Wildman–Crippen LogP) is 2.43. The van der Waals surface area contributed by atoms with Crippen molar-refractivity contribution in [1.82, 2.24) is 4.90 Å². The average Bonchev–Trinajstić information content (AvgIpc) is 2.38. The summed E-state index contributed by atoms with van der Waals surface area (Å²) < 4.78 is 5.16. The summed E-state index contributed by atoms with van der Waals surface area (Å²) in [5, 5.41) is 0. The van der Waals surface area contributed by atoms with Gasteiger partial charge in [-0.2, -0.15) is 0 Å². The van der Waals surface area contributed by atoms with Crippen LogP contribution in [0.15, 0.2) is 24.3 Å². The first-order chi connectivity index (χ1) is 8.22. The fourth-order valence-corrected chi connectivity index (χ4v) is 1.96. The van der Waals surface area contributed by atoms with Gasteiger partial charge in [0.25, 0.3) is 0 Å². The highest BCUT2D eigenvalue weighted by Gasteiger charge is 2.14. The molecule has 96 valence electrons. The third-order valence-corrected chi connectivity index (χ3v) is 3.12. The van der Waals surface area contributed by atoms with E-state index in [9.17, 15) is 0 Å². The largest absolute Gasteiger partial charge is 0.497 e. The minimum Gasteiger partial charge on any atom is -0.497 e. The summed E-state index contributed by atoms with van der Waals surface area (Å²) in [6.45, 7) is 3.94. The van der Waals surface area contributed by atoms with Gasteiger partial charge in [0.1, 0.15) is 5.75 Å². The molecule has 0 aliphatic carbocycles. The topological polar surface area (TPSA) is 38.5 Å². The molecule has 0 aromatic heterocycles. The van der Waals surface area contributed by atoms with Gasteiger partial charge in [-0.25, -0.2) is 0 Å². The molecule has 2 N–H and O–H groups in total. The van der Waals surface area contributed by atoms with Gasteiger partial charge in [-0.05, 0) is 37.7 Å². The molecule has 1 unspecified atom stereocenters. The van der Waals surface area contributed by atoms with Crippen LogP contribution in [0.1, 0.15) is 31.4 Å². The molecule has 1 rings (SSSR count). The first kappa shape index (κ1) is 14.0. The first-order valence-electron chi connectivity index (χ1n) is 6.27. The lowest BCUT2D eigenvalue weighted by Gasteiger charge is -2.27. The van der Waals surface area contributed by atoms with Crippen molar-refractivity contribution in [3.8, 4) is 5.75 Å². The summed E-state index contributed by atoms with van der Waals surface area (Å²) in [7, 11) is 3.82. The molecular weight excluding hydrogens is 212 g/mol. The molecule has 0 aliphatic heterocycles. The van der Waals surface area contributed by atoms with Gasteiger partial charge in [-0.1, -0.05) is 25.5 Å². The van der Waals surface area contributed by atoms with Crippen LogP contribution in [0, 0.1) is 0 Å². The van der Waals surface area contributed by atoms with Crippen molar-refractivity contribution in [2.45, 2.75) is 25.8 Å². The van der Waals surface area contributed by atoms with Crippen LogP contribution in [0.4, 0.5) is 0 Å². The maximum Gasteiger partial charge on any atom is 0.118 e. The van der Waals surface area contributed by atoms with Crippen LogP contribution < -0.4 is 10.5 Å². The van der Waals surface area contributed by atoms with E-state index in [4.69, 9.17) is 10.5 Å². The Morgan fingerprint density at radius 2 is 1.94 bits per heavy atom. The SMILES string of the molecule is CCCCN(C)C(CN)c1ccc(OC)cc1. The van der Waals surface area contributed by atoms with Gasteiger partial charge >= 0.3 is 0 Å². The molecule has 3 heteroatoms. The molecule has 0 amide bonds. The predicted molar refractivity (Wildman–Crippen MR) is 72.3 cm³/mol. The molecule has 1 aromatic rings. The minimum atomic E-state index is 0.299. The minimum absolute atomic E-state index is 0.299. The summed E-state index contributed by atoms with van der Waals surface area (Å²) in [6.07, 6.45) is 2.42. The van der Waals surface area contributed by atoms with E-state index in [0.717, 1.165) is 12.3 Å².